The lowest BCUT2D eigenvalue weighted by atomic mass is 10.1. The number of alkyl halides is 4. The minimum Gasteiger partial charge on any atom is -0.330 e. The zero-order chi connectivity index (χ0) is 10.3. The number of halogens is 4. The van der Waals surface area contributed by atoms with E-state index in [0.29, 0.717) is 6.92 Å². The van der Waals surface area contributed by atoms with Gasteiger partial charge in [0.05, 0.1) is 19.5 Å². The fraction of sp³-hybridized carbons (Fsp3) is 0.857. The Labute approximate surface area is 72.5 Å². The monoisotopic (exact) mass is 199 g/mol. The predicted octanol–water partition coefficient (Wildman–Crippen LogP) is 1.51. The number of carbonyl (C=O) groups is 1. The highest BCUT2D eigenvalue weighted by Gasteiger charge is 2.47. The lowest BCUT2D eigenvalue weighted by Gasteiger charge is -2.39. The third-order valence-corrected chi connectivity index (χ3v) is 1.66. The van der Waals surface area contributed by atoms with E-state index < -0.39 is 37.3 Å². The molecule has 0 aromatic rings. The summed E-state index contributed by atoms with van der Waals surface area (Å²) in [4.78, 5) is 11.6. The maximum absolute atomic E-state index is 12.3. The SMILES string of the molecule is CC(F)(F)CC(=O)N1CC(F)(F)C1. The quantitative estimate of drug-likeness (QED) is 0.617. The molecule has 1 fully saturated rings. The van der Waals surface area contributed by atoms with Crippen LogP contribution in [-0.2, 0) is 4.79 Å². The second-order valence-corrected chi connectivity index (χ2v) is 3.35. The Balaban J connectivity index is 2.36. The summed E-state index contributed by atoms with van der Waals surface area (Å²) in [6.45, 7) is -0.882. The molecule has 13 heavy (non-hydrogen) atoms. The van der Waals surface area contributed by atoms with Crippen molar-refractivity contribution in [2.24, 2.45) is 0 Å². The van der Waals surface area contributed by atoms with Gasteiger partial charge in [0.25, 0.3) is 11.8 Å². The minimum absolute atomic E-state index is 0.586. The van der Waals surface area contributed by atoms with Crippen molar-refractivity contribution >= 4 is 5.91 Å². The van der Waals surface area contributed by atoms with Gasteiger partial charge in [0.15, 0.2) is 0 Å². The molecule has 2 nitrogen and oxygen atoms in total. The molecule has 0 unspecified atom stereocenters. The molecule has 0 radical (unpaired) electrons. The molecule has 0 atom stereocenters. The van der Waals surface area contributed by atoms with Crippen LogP contribution >= 0.6 is 0 Å². The molecule has 1 heterocycles. The Morgan fingerprint density at radius 2 is 1.92 bits per heavy atom. The van der Waals surface area contributed by atoms with Gasteiger partial charge in [-0.25, -0.2) is 17.6 Å². The Kier molecular flexibility index (Phi) is 2.25. The molecule has 0 aromatic heterocycles. The maximum Gasteiger partial charge on any atom is 0.282 e. The molecule has 1 rings (SSSR count). The number of likely N-dealkylation sites (tertiary alicyclic amines) is 1. The van der Waals surface area contributed by atoms with Crippen LogP contribution in [0.5, 0.6) is 0 Å². The first kappa shape index (κ1) is 10.3. The van der Waals surface area contributed by atoms with Crippen molar-refractivity contribution in [3.05, 3.63) is 0 Å². The Morgan fingerprint density at radius 1 is 1.46 bits per heavy atom. The molecule has 0 aromatic carbocycles. The second kappa shape index (κ2) is 2.85. The van der Waals surface area contributed by atoms with Gasteiger partial charge in [-0.2, -0.15) is 0 Å². The summed E-state index contributed by atoms with van der Waals surface area (Å²) in [7, 11) is 0. The summed E-state index contributed by atoms with van der Waals surface area (Å²) in [6.07, 6.45) is -0.997. The molecular formula is C7H9F4NO. The van der Waals surface area contributed by atoms with Crippen molar-refractivity contribution in [1.29, 1.82) is 0 Å². The average Bonchev–Trinajstić information content (AvgIpc) is 1.77. The summed E-state index contributed by atoms with van der Waals surface area (Å²) in [5.41, 5.74) is 0. The predicted molar refractivity (Wildman–Crippen MR) is 36.8 cm³/mol. The highest BCUT2D eigenvalue weighted by atomic mass is 19.3. The van der Waals surface area contributed by atoms with E-state index in [1.54, 1.807) is 0 Å². The molecule has 76 valence electrons. The number of hydrogen-bond donors (Lipinski definition) is 0. The van der Waals surface area contributed by atoms with Gasteiger partial charge in [0.1, 0.15) is 0 Å². The van der Waals surface area contributed by atoms with Crippen molar-refractivity contribution in [3.8, 4) is 0 Å². The highest BCUT2D eigenvalue weighted by molar-refractivity contribution is 5.78. The molecule has 1 amide bonds. The number of rotatable bonds is 2. The molecule has 0 N–H and O–H groups in total. The highest BCUT2D eigenvalue weighted by Crippen LogP contribution is 2.29. The second-order valence-electron chi connectivity index (χ2n) is 3.35. The minimum atomic E-state index is -3.12. The van der Waals surface area contributed by atoms with Gasteiger partial charge in [-0.1, -0.05) is 0 Å². The lowest BCUT2D eigenvalue weighted by molar-refractivity contribution is -0.170. The lowest BCUT2D eigenvalue weighted by Crippen LogP contribution is -2.58. The molecule has 1 saturated heterocycles. The summed E-state index contributed by atoms with van der Waals surface area (Å²) in [6, 6.07) is 0. The molecular weight excluding hydrogens is 190 g/mol. The van der Waals surface area contributed by atoms with E-state index >= 15 is 0 Å². The molecule has 6 heteroatoms. The number of carbonyl (C=O) groups excluding carboxylic acids is 1. The molecule has 0 saturated carbocycles. The topological polar surface area (TPSA) is 20.3 Å². The van der Waals surface area contributed by atoms with Crippen molar-refractivity contribution < 1.29 is 22.4 Å². The average molecular weight is 199 g/mol. The van der Waals surface area contributed by atoms with Crippen molar-refractivity contribution in [3.63, 3.8) is 0 Å². The first-order chi connectivity index (χ1) is 5.70. The van der Waals surface area contributed by atoms with Gasteiger partial charge in [-0.3, -0.25) is 4.79 Å². The van der Waals surface area contributed by atoms with Crippen molar-refractivity contribution in [1.82, 2.24) is 4.90 Å². The fourth-order valence-electron chi connectivity index (χ4n) is 1.07. The standard InChI is InChI=1S/C7H9F4NO/c1-6(8,9)2-5(13)12-3-7(10,11)4-12/h2-4H2,1H3. The van der Waals surface area contributed by atoms with Gasteiger partial charge in [0, 0.05) is 0 Å². The zero-order valence-corrected chi connectivity index (χ0v) is 6.99. The van der Waals surface area contributed by atoms with E-state index in [1.165, 1.54) is 0 Å². The van der Waals surface area contributed by atoms with E-state index in [1.807, 2.05) is 0 Å². The van der Waals surface area contributed by atoms with E-state index in [4.69, 9.17) is 0 Å². The van der Waals surface area contributed by atoms with E-state index in [2.05, 4.69) is 0 Å². The Hall–Kier alpha value is -0.810. The van der Waals surface area contributed by atoms with Gasteiger partial charge in [-0.15, -0.1) is 0 Å². The first-order valence-electron chi connectivity index (χ1n) is 3.73. The van der Waals surface area contributed by atoms with Crippen LogP contribution in [0.3, 0.4) is 0 Å². The third-order valence-electron chi connectivity index (χ3n) is 1.66. The molecule has 1 aliphatic rings. The summed E-state index contributed by atoms with van der Waals surface area (Å²) in [5.74, 6) is -6.93. The zero-order valence-electron chi connectivity index (χ0n) is 6.99. The first-order valence-corrected chi connectivity index (χ1v) is 3.73. The Morgan fingerprint density at radius 3 is 2.23 bits per heavy atom. The summed E-state index contributed by atoms with van der Waals surface area (Å²) < 4.78 is 48.9. The van der Waals surface area contributed by atoms with Crippen LogP contribution in [0.25, 0.3) is 0 Å². The van der Waals surface area contributed by atoms with Crippen LogP contribution in [0, 0.1) is 0 Å². The van der Waals surface area contributed by atoms with Crippen molar-refractivity contribution in [2.45, 2.75) is 25.2 Å². The van der Waals surface area contributed by atoms with Crippen LogP contribution in [0.1, 0.15) is 13.3 Å². The van der Waals surface area contributed by atoms with E-state index in [-0.39, 0.29) is 0 Å². The number of hydrogen-bond acceptors (Lipinski definition) is 1. The van der Waals surface area contributed by atoms with Crippen LogP contribution in [-0.4, -0.2) is 35.7 Å². The summed E-state index contributed by atoms with van der Waals surface area (Å²) in [5, 5.41) is 0. The molecule has 1 aliphatic heterocycles. The Bertz CT molecular complexity index is 215. The maximum atomic E-state index is 12.3. The van der Waals surface area contributed by atoms with Crippen LogP contribution in [0.15, 0.2) is 0 Å². The van der Waals surface area contributed by atoms with E-state index in [9.17, 15) is 22.4 Å². The normalized spacial score (nSPS) is 21.2. The van der Waals surface area contributed by atoms with E-state index in [0.717, 1.165) is 4.90 Å². The van der Waals surface area contributed by atoms with Gasteiger partial charge in [-0.05, 0) is 6.92 Å². The van der Waals surface area contributed by atoms with Gasteiger partial charge in [0.2, 0.25) is 5.91 Å². The van der Waals surface area contributed by atoms with Crippen LogP contribution in [0.2, 0.25) is 0 Å². The largest absolute Gasteiger partial charge is 0.330 e. The molecule has 0 spiro atoms. The van der Waals surface area contributed by atoms with Crippen LogP contribution < -0.4 is 0 Å². The fourth-order valence-corrected chi connectivity index (χ4v) is 1.07. The number of amides is 1. The van der Waals surface area contributed by atoms with Gasteiger partial charge >= 0.3 is 0 Å². The van der Waals surface area contributed by atoms with Gasteiger partial charge < -0.3 is 4.90 Å². The summed E-state index contributed by atoms with van der Waals surface area (Å²) >= 11 is 0. The number of nitrogens with zero attached hydrogens (tertiary/aromatic N) is 1. The van der Waals surface area contributed by atoms with Crippen molar-refractivity contribution in [2.75, 3.05) is 13.1 Å². The molecule has 0 bridgehead atoms. The molecule has 0 aliphatic carbocycles. The smallest absolute Gasteiger partial charge is 0.282 e. The third kappa shape index (κ3) is 2.86. The van der Waals surface area contributed by atoms with Crippen LogP contribution in [0.4, 0.5) is 17.6 Å².